The van der Waals surface area contributed by atoms with Crippen LogP contribution in [0.15, 0.2) is 71.7 Å². The summed E-state index contributed by atoms with van der Waals surface area (Å²) in [7, 11) is 0. The lowest BCUT2D eigenvalue weighted by atomic mass is 10.1. The first-order valence-corrected chi connectivity index (χ1v) is 8.34. The molecule has 2 aromatic carbocycles. The van der Waals surface area contributed by atoms with Gasteiger partial charge in [-0.3, -0.25) is 5.01 Å². The van der Waals surface area contributed by atoms with E-state index in [4.69, 9.17) is 5.73 Å². The molecule has 5 nitrogen and oxygen atoms in total. The lowest BCUT2D eigenvalue weighted by Gasteiger charge is -2.28. The number of aromatic nitrogens is 1. The van der Waals surface area contributed by atoms with Crippen LogP contribution in [-0.4, -0.2) is 16.0 Å². The van der Waals surface area contributed by atoms with Crippen LogP contribution in [0, 0.1) is 5.82 Å². The van der Waals surface area contributed by atoms with Crippen LogP contribution in [0.5, 0.6) is 0 Å². The molecule has 0 unspecified atom stereocenters. The lowest BCUT2D eigenvalue weighted by molar-refractivity contribution is 0.285. The van der Waals surface area contributed by atoms with Crippen LogP contribution in [0.1, 0.15) is 11.3 Å². The minimum absolute atomic E-state index is 0.264. The molecule has 0 bridgehead atoms. The Morgan fingerprint density at radius 1 is 1.00 bits per heavy atom. The summed E-state index contributed by atoms with van der Waals surface area (Å²) in [6, 6.07) is 20.1. The quantitative estimate of drug-likeness (QED) is 0.759. The molecular weight excluding hydrogens is 329 g/mol. The third kappa shape index (κ3) is 3.41. The number of aliphatic imine (C=N–C) groups is 1. The zero-order valence-electron chi connectivity index (χ0n) is 14.1. The second kappa shape index (κ2) is 6.93. The van der Waals surface area contributed by atoms with Crippen molar-refractivity contribution in [3.05, 3.63) is 83.8 Å². The van der Waals surface area contributed by atoms with Crippen LogP contribution in [0.3, 0.4) is 0 Å². The molecular formula is C20H18FN5. The Morgan fingerprint density at radius 2 is 1.77 bits per heavy atom. The van der Waals surface area contributed by atoms with E-state index in [0.29, 0.717) is 19.0 Å². The van der Waals surface area contributed by atoms with Gasteiger partial charge in [-0.05, 0) is 42.0 Å². The highest BCUT2D eigenvalue weighted by atomic mass is 19.1. The Hall–Kier alpha value is -3.25. The molecule has 4 rings (SSSR count). The molecule has 3 aromatic rings. The van der Waals surface area contributed by atoms with Gasteiger partial charge >= 0.3 is 0 Å². The Bertz CT molecular complexity index is 938. The van der Waals surface area contributed by atoms with Crippen molar-refractivity contribution >= 4 is 11.6 Å². The van der Waals surface area contributed by atoms with Gasteiger partial charge < -0.3 is 5.73 Å². The molecule has 0 amide bonds. The molecule has 0 saturated carbocycles. The summed E-state index contributed by atoms with van der Waals surface area (Å²) in [5, 5.41) is 1.79. The maximum absolute atomic E-state index is 13.1. The predicted molar refractivity (Wildman–Crippen MR) is 99.7 cm³/mol. The molecule has 3 N–H and O–H groups in total. The number of guanidine groups is 1. The van der Waals surface area contributed by atoms with E-state index in [1.54, 1.807) is 17.1 Å². The highest BCUT2D eigenvalue weighted by Crippen LogP contribution is 2.27. The summed E-state index contributed by atoms with van der Waals surface area (Å²) in [5.74, 6) is 0.144. The van der Waals surface area contributed by atoms with Crippen LogP contribution < -0.4 is 11.2 Å². The number of hydrazine groups is 1. The second-order valence-corrected chi connectivity index (χ2v) is 6.05. The van der Waals surface area contributed by atoms with Gasteiger partial charge in [0, 0.05) is 12.1 Å². The van der Waals surface area contributed by atoms with Gasteiger partial charge in [0.05, 0.1) is 23.6 Å². The topological polar surface area (TPSA) is 66.5 Å². The van der Waals surface area contributed by atoms with Gasteiger partial charge in [-0.2, -0.15) is 0 Å². The zero-order chi connectivity index (χ0) is 17.9. The van der Waals surface area contributed by atoms with Crippen molar-refractivity contribution in [1.29, 1.82) is 0 Å². The molecule has 130 valence electrons. The van der Waals surface area contributed by atoms with Crippen molar-refractivity contribution in [3.63, 3.8) is 0 Å². The van der Waals surface area contributed by atoms with Gasteiger partial charge in [0.25, 0.3) is 0 Å². The van der Waals surface area contributed by atoms with Crippen molar-refractivity contribution in [3.8, 4) is 11.3 Å². The lowest BCUT2D eigenvalue weighted by Crippen LogP contribution is -2.47. The zero-order valence-corrected chi connectivity index (χ0v) is 14.1. The molecule has 0 spiro atoms. The third-order valence-electron chi connectivity index (χ3n) is 4.23. The van der Waals surface area contributed by atoms with Crippen LogP contribution >= 0.6 is 0 Å². The number of hydrogen-bond acceptors (Lipinski definition) is 5. The fourth-order valence-electron chi connectivity index (χ4n) is 2.83. The molecule has 0 atom stereocenters. The Morgan fingerprint density at radius 3 is 2.54 bits per heavy atom. The average Bonchev–Trinajstić information content (AvgIpc) is 2.67. The summed E-state index contributed by atoms with van der Waals surface area (Å²) in [5.41, 5.74) is 13.7. The number of fused-ring (bicyclic) bond motifs is 1. The Kier molecular flexibility index (Phi) is 4.33. The number of rotatable bonds is 4. The molecule has 2 heterocycles. The SMILES string of the molecule is NC1=Nc2ccc(-c3ccc(F)cc3)nc2CN1NCc1ccccc1. The highest BCUT2D eigenvalue weighted by Gasteiger charge is 2.19. The molecule has 1 aromatic heterocycles. The van der Waals surface area contributed by atoms with E-state index in [-0.39, 0.29) is 5.82 Å². The molecule has 26 heavy (non-hydrogen) atoms. The number of nitrogens with zero attached hydrogens (tertiary/aromatic N) is 3. The number of hydrogen-bond donors (Lipinski definition) is 2. The summed E-state index contributed by atoms with van der Waals surface area (Å²) >= 11 is 0. The van der Waals surface area contributed by atoms with Crippen LogP contribution in [0.4, 0.5) is 10.1 Å². The third-order valence-corrected chi connectivity index (χ3v) is 4.23. The van der Waals surface area contributed by atoms with Crippen LogP contribution in [0.25, 0.3) is 11.3 Å². The number of halogens is 1. The van der Waals surface area contributed by atoms with Crippen molar-refractivity contribution in [2.45, 2.75) is 13.1 Å². The average molecular weight is 347 g/mol. The smallest absolute Gasteiger partial charge is 0.211 e. The van der Waals surface area contributed by atoms with Crippen LogP contribution in [0.2, 0.25) is 0 Å². The maximum Gasteiger partial charge on any atom is 0.211 e. The summed E-state index contributed by atoms with van der Waals surface area (Å²) in [6.07, 6.45) is 0. The van der Waals surface area contributed by atoms with E-state index in [1.165, 1.54) is 12.1 Å². The van der Waals surface area contributed by atoms with E-state index in [1.807, 2.05) is 42.5 Å². The number of nitrogens with one attached hydrogen (secondary N) is 1. The summed E-state index contributed by atoms with van der Waals surface area (Å²) < 4.78 is 13.1. The normalized spacial score (nSPS) is 13.3. The standard InChI is InChI=1S/C20H18FN5/c21-16-8-6-15(7-9-16)17-10-11-18-19(24-17)13-26(20(22)25-18)23-12-14-4-2-1-3-5-14/h1-11,23H,12-13H2,(H2,22,25). The molecule has 0 fully saturated rings. The van der Waals surface area contributed by atoms with Gasteiger partial charge in [0.2, 0.25) is 5.96 Å². The number of nitrogens with two attached hydrogens (primary N) is 1. The van der Waals surface area contributed by atoms with E-state index in [9.17, 15) is 4.39 Å². The van der Waals surface area contributed by atoms with E-state index in [2.05, 4.69) is 15.4 Å². The van der Waals surface area contributed by atoms with Crippen molar-refractivity contribution in [2.24, 2.45) is 10.7 Å². The molecule has 1 aliphatic rings. The van der Waals surface area contributed by atoms with Crippen molar-refractivity contribution in [2.75, 3.05) is 0 Å². The largest absolute Gasteiger partial charge is 0.368 e. The van der Waals surface area contributed by atoms with Gasteiger partial charge in [-0.25, -0.2) is 19.8 Å². The van der Waals surface area contributed by atoms with Gasteiger partial charge in [-0.15, -0.1) is 0 Å². The first-order chi connectivity index (χ1) is 12.7. The van der Waals surface area contributed by atoms with E-state index >= 15 is 0 Å². The monoisotopic (exact) mass is 347 g/mol. The summed E-state index contributed by atoms with van der Waals surface area (Å²) in [6.45, 7) is 1.15. The Balaban J connectivity index is 1.54. The predicted octanol–water partition coefficient (Wildman–Crippen LogP) is 3.35. The molecule has 1 aliphatic heterocycles. The van der Waals surface area contributed by atoms with Gasteiger partial charge in [0.1, 0.15) is 5.82 Å². The molecule has 0 radical (unpaired) electrons. The highest BCUT2D eigenvalue weighted by molar-refractivity contribution is 5.83. The molecule has 0 saturated heterocycles. The Labute approximate surface area is 151 Å². The van der Waals surface area contributed by atoms with E-state index < -0.39 is 0 Å². The first kappa shape index (κ1) is 16.2. The van der Waals surface area contributed by atoms with E-state index in [0.717, 1.165) is 28.2 Å². The fourth-order valence-corrected chi connectivity index (χ4v) is 2.83. The fraction of sp³-hybridized carbons (Fsp3) is 0.100. The van der Waals surface area contributed by atoms with Crippen molar-refractivity contribution in [1.82, 2.24) is 15.4 Å². The summed E-state index contributed by atoms with van der Waals surface area (Å²) in [4.78, 5) is 9.11. The van der Waals surface area contributed by atoms with Crippen molar-refractivity contribution < 1.29 is 4.39 Å². The minimum Gasteiger partial charge on any atom is -0.368 e. The van der Waals surface area contributed by atoms with Gasteiger partial charge in [-0.1, -0.05) is 30.3 Å². The second-order valence-electron chi connectivity index (χ2n) is 6.05. The number of pyridine rings is 1. The van der Waals surface area contributed by atoms with Crippen LogP contribution in [-0.2, 0) is 13.1 Å². The molecule has 0 aliphatic carbocycles. The van der Waals surface area contributed by atoms with Gasteiger partial charge in [0.15, 0.2) is 0 Å². The first-order valence-electron chi connectivity index (χ1n) is 8.34. The molecule has 6 heteroatoms. The maximum atomic E-state index is 13.1. The number of benzene rings is 2. The minimum atomic E-state index is -0.264.